The summed E-state index contributed by atoms with van der Waals surface area (Å²) < 4.78 is 0. The topological polar surface area (TPSA) is 65.5 Å². The largest absolute Gasteiger partial charge is 0.478 e. The molecule has 5 heteroatoms. The second kappa shape index (κ2) is 6.85. The Morgan fingerprint density at radius 1 is 1.47 bits per heavy atom. The standard InChI is InChI=1S/C12H19N3O2/c1-3-15(4-2)8-7-14-11-9-13-6-5-10(11)12(16)17/h5-6,9,14H,3-4,7-8H2,1-2H3,(H,16,17). The maximum absolute atomic E-state index is 11.0. The molecule has 1 aromatic rings. The lowest BCUT2D eigenvalue weighted by atomic mass is 10.2. The van der Waals surface area contributed by atoms with Crippen LogP contribution in [0.4, 0.5) is 5.69 Å². The first-order valence-corrected chi connectivity index (χ1v) is 5.82. The van der Waals surface area contributed by atoms with Gasteiger partial charge in [-0.2, -0.15) is 0 Å². The normalized spacial score (nSPS) is 10.5. The predicted molar refractivity (Wildman–Crippen MR) is 67.5 cm³/mol. The summed E-state index contributed by atoms with van der Waals surface area (Å²) in [6.45, 7) is 7.81. The number of carbonyl (C=O) groups is 1. The van der Waals surface area contributed by atoms with E-state index in [-0.39, 0.29) is 5.56 Å². The number of nitrogens with one attached hydrogen (secondary N) is 1. The van der Waals surface area contributed by atoms with Gasteiger partial charge in [0.1, 0.15) is 0 Å². The summed E-state index contributed by atoms with van der Waals surface area (Å²) in [6.07, 6.45) is 3.03. The third-order valence-corrected chi connectivity index (χ3v) is 2.69. The van der Waals surface area contributed by atoms with Gasteiger partial charge in [-0.3, -0.25) is 4.98 Å². The van der Waals surface area contributed by atoms with Crippen LogP contribution >= 0.6 is 0 Å². The van der Waals surface area contributed by atoms with Gasteiger partial charge in [-0.05, 0) is 19.2 Å². The first-order valence-electron chi connectivity index (χ1n) is 5.82. The molecular weight excluding hydrogens is 218 g/mol. The summed E-state index contributed by atoms with van der Waals surface area (Å²) in [4.78, 5) is 17.1. The number of anilines is 1. The van der Waals surface area contributed by atoms with E-state index < -0.39 is 5.97 Å². The number of pyridine rings is 1. The second-order valence-corrected chi connectivity index (χ2v) is 3.68. The van der Waals surface area contributed by atoms with Crippen LogP contribution < -0.4 is 5.32 Å². The van der Waals surface area contributed by atoms with E-state index in [1.54, 1.807) is 6.20 Å². The minimum Gasteiger partial charge on any atom is -0.478 e. The Hall–Kier alpha value is -1.62. The lowest BCUT2D eigenvalue weighted by Crippen LogP contribution is -2.28. The first kappa shape index (κ1) is 13.4. The molecule has 5 nitrogen and oxygen atoms in total. The van der Waals surface area contributed by atoms with Crippen molar-refractivity contribution in [3.63, 3.8) is 0 Å². The van der Waals surface area contributed by atoms with Crippen molar-refractivity contribution in [2.45, 2.75) is 13.8 Å². The molecule has 0 unspecified atom stereocenters. The highest BCUT2D eigenvalue weighted by Gasteiger charge is 2.09. The molecule has 0 bridgehead atoms. The molecule has 94 valence electrons. The van der Waals surface area contributed by atoms with Crippen LogP contribution in [0.3, 0.4) is 0 Å². The van der Waals surface area contributed by atoms with Gasteiger partial charge in [0.15, 0.2) is 0 Å². The zero-order valence-electron chi connectivity index (χ0n) is 10.3. The molecule has 0 spiro atoms. The smallest absolute Gasteiger partial charge is 0.337 e. The third-order valence-electron chi connectivity index (χ3n) is 2.69. The highest BCUT2D eigenvalue weighted by atomic mass is 16.4. The molecule has 0 fully saturated rings. The fraction of sp³-hybridized carbons (Fsp3) is 0.500. The highest BCUT2D eigenvalue weighted by molar-refractivity contribution is 5.93. The van der Waals surface area contributed by atoms with Gasteiger partial charge < -0.3 is 15.3 Å². The van der Waals surface area contributed by atoms with E-state index in [2.05, 4.69) is 29.0 Å². The lowest BCUT2D eigenvalue weighted by molar-refractivity contribution is 0.0698. The molecule has 1 rings (SSSR count). The van der Waals surface area contributed by atoms with Crippen molar-refractivity contribution < 1.29 is 9.90 Å². The van der Waals surface area contributed by atoms with Crippen LogP contribution in [0.1, 0.15) is 24.2 Å². The zero-order chi connectivity index (χ0) is 12.7. The molecule has 1 aromatic heterocycles. The molecule has 0 atom stereocenters. The summed E-state index contributed by atoms with van der Waals surface area (Å²) in [6, 6.07) is 1.50. The van der Waals surface area contributed by atoms with Crippen molar-refractivity contribution in [3.8, 4) is 0 Å². The molecule has 0 aliphatic carbocycles. The van der Waals surface area contributed by atoms with Crippen molar-refractivity contribution in [1.82, 2.24) is 9.88 Å². The van der Waals surface area contributed by atoms with Crippen LogP contribution in [0, 0.1) is 0 Å². The number of likely N-dealkylation sites (N-methyl/N-ethyl adjacent to an activating group) is 1. The van der Waals surface area contributed by atoms with Crippen LogP contribution in [0.2, 0.25) is 0 Å². The number of aromatic carboxylic acids is 1. The Morgan fingerprint density at radius 2 is 2.18 bits per heavy atom. The summed E-state index contributed by atoms with van der Waals surface area (Å²) in [7, 11) is 0. The maximum Gasteiger partial charge on any atom is 0.337 e. The summed E-state index contributed by atoms with van der Waals surface area (Å²) >= 11 is 0. The number of rotatable bonds is 7. The highest BCUT2D eigenvalue weighted by Crippen LogP contribution is 2.12. The number of carboxylic acids is 1. The average Bonchev–Trinajstić information content (AvgIpc) is 2.35. The number of carboxylic acid groups (broad SMARTS) is 1. The minimum absolute atomic E-state index is 0.263. The van der Waals surface area contributed by atoms with Gasteiger partial charge in [0, 0.05) is 19.3 Å². The van der Waals surface area contributed by atoms with Gasteiger partial charge >= 0.3 is 5.97 Å². The molecule has 1 heterocycles. The number of nitrogens with zero attached hydrogens (tertiary/aromatic N) is 2. The van der Waals surface area contributed by atoms with Gasteiger partial charge in [0.05, 0.1) is 17.4 Å². The first-order chi connectivity index (χ1) is 8.19. The van der Waals surface area contributed by atoms with Crippen LogP contribution in [0.15, 0.2) is 18.5 Å². The Bertz CT molecular complexity index is 365. The quantitative estimate of drug-likeness (QED) is 0.753. The summed E-state index contributed by atoms with van der Waals surface area (Å²) in [5.41, 5.74) is 0.840. The molecule has 17 heavy (non-hydrogen) atoms. The Balaban J connectivity index is 2.54. The van der Waals surface area contributed by atoms with Crippen LogP contribution in [0.5, 0.6) is 0 Å². The molecule has 0 saturated carbocycles. The third kappa shape index (κ3) is 4.03. The average molecular weight is 237 g/mol. The monoisotopic (exact) mass is 237 g/mol. The summed E-state index contributed by atoms with van der Waals surface area (Å²) in [5, 5.41) is 12.1. The van der Waals surface area contributed by atoms with Crippen molar-refractivity contribution in [2.24, 2.45) is 0 Å². The van der Waals surface area contributed by atoms with Crippen molar-refractivity contribution in [2.75, 3.05) is 31.5 Å². The molecule has 0 saturated heterocycles. The zero-order valence-corrected chi connectivity index (χ0v) is 10.3. The van der Waals surface area contributed by atoms with Gasteiger partial charge in [-0.25, -0.2) is 4.79 Å². The van der Waals surface area contributed by atoms with Crippen LogP contribution in [-0.4, -0.2) is 47.1 Å². The Labute approximate surface area is 101 Å². The Morgan fingerprint density at radius 3 is 2.76 bits per heavy atom. The van der Waals surface area contributed by atoms with Gasteiger partial charge in [-0.15, -0.1) is 0 Å². The van der Waals surface area contributed by atoms with E-state index in [1.165, 1.54) is 12.3 Å². The molecule has 0 aliphatic heterocycles. The fourth-order valence-corrected chi connectivity index (χ4v) is 1.61. The van der Waals surface area contributed by atoms with Crippen molar-refractivity contribution >= 4 is 11.7 Å². The molecular formula is C12H19N3O2. The molecule has 2 N–H and O–H groups in total. The SMILES string of the molecule is CCN(CC)CCNc1cnccc1C(=O)O. The maximum atomic E-state index is 11.0. The van der Waals surface area contributed by atoms with Crippen LogP contribution in [0.25, 0.3) is 0 Å². The van der Waals surface area contributed by atoms with E-state index in [9.17, 15) is 4.79 Å². The van der Waals surface area contributed by atoms with E-state index in [4.69, 9.17) is 5.11 Å². The van der Waals surface area contributed by atoms with Crippen molar-refractivity contribution in [3.05, 3.63) is 24.0 Å². The molecule has 0 radical (unpaired) electrons. The van der Waals surface area contributed by atoms with Gasteiger partial charge in [-0.1, -0.05) is 13.8 Å². The lowest BCUT2D eigenvalue weighted by Gasteiger charge is -2.18. The summed E-state index contributed by atoms with van der Waals surface area (Å²) in [5.74, 6) is -0.933. The minimum atomic E-state index is -0.933. The Kier molecular flexibility index (Phi) is 5.42. The van der Waals surface area contributed by atoms with E-state index in [1.807, 2.05) is 0 Å². The van der Waals surface area contributed by atoms with Gasteiger partial charge in [0.25, 0.3) is 0 Å². The van der Waals surface area contributed by atoms with Crippen LogP contribution in [-0.2, 0) is 0 Å². The fourth-order valence-electron chi connectivity index (χ4n) is 1.61. The van der Waals surface area contributed by atoms with Crippen molar-refractivity contribution in [1.29, 1.82) is 0 Å². The van der Waals surface area contributed by atoms with E-state index >= 15 is 0 Å². The molecule has 0 aliphatic rings. The van der Waals surface area contributed by atoms with E-state index in [0.29, 0.717) is 12.2 Å². The molecule has 0 amide bonds. The number of aromatic nitrogens is 1. The second-order valence-electron chi connectivity index (χ2n) is 3.68. The molecule has 0 aromatic carbocycles. The van der Waals surface area contributed by atoms with E-state index in [0.717, 1.165) is 19.6 Å². The number of hydrogen-bond acceptors (Lipinski definition) is 4. The predicted octanol–water partition coefficient (Wildman–Crippen LogP) is 1.53. The van der Waals surface area contributed by atoms with Gasteiger partial charge in [0.2, 0.25) is 0 Å². The number of hydrogen-bond donors (Lipinski definition) is 2.